The first-order valence-electron chi connectivity index (χ1n) is 20.5. The highest BCUT2D eigenvalue weighted by Gasteiger charge is 2.53. The van der Waals surface area contributed by atoms with Gasteiger partial charge in [0, 0.05) is 80.9 Å². The molecular formula is C41H50N8O13S. The first-order valence-corrected chi connectivity index (χ1v) is 21.3. The van der Waals surface area contributed by atoms with Crippen LogP contribution in [-0.2, 0) is 59.0 Å². The van der Waals surface area contributed by atoms with E-state index in [1.54, 1.807) is 51.5 Å². The molecule has 2 aliphatic rings. The van der Waals surface area contributed by atoms with Crippen LogP contribution in [0.2, 0.25) is 0 Å². The molecule has 0 unspecified atom stereocenters. The number of carbonyl (C=O) groups excluding carboxylic acids is 5. The maximum absolute atomic E-state index is 13.4. The molecule has 0 radical (unpaired) electrons. The number of thiophene rings is 1. The van der Waals surface area contributed by atoms with Crippen molar-refractivity contribution < 1.29 is 62.0 Å². The van der Waals surface area contributed by atoms with E-state index in [0.717, 1.165) is 26.5 Å². The van der Waals surface area contributed by atoms with Gasteiger partial charge in [-0.2, -0.15) is 0 Å². The standard InChI is InChI=1S/C41H50N8O13S/c1-7-29(50)57-22-27-33(59-30(51)8-2)34(60-31(52)9-3)35(61-32(53)10-4)40(58-27)62-47-39(54)24-19-43-41(44-20-24)48(5)21-25-17-26-36(63-25)38(49-13-15-56-16-14-49)46-37(45-26)23-11-12-28(55-6)42-18-23/h11-12,17-20,27,33-35,40H,7-10,13-16,21-22H2,1-6H3,(H,47,54)/t27-,33+,34+,35-,40+/m1/s1. The minimum Gasteiger partial charge on any atom is -0.481 e. The van der Waals surface area contributed by atoms with E-state index in [9.17, 15) is 24.0 Å². The molecule has 4 aromatic heterocycles. The van der Waals surface area contributed by atoms with Gasteiger partial charge in [0.2, 0.25) is 18.1 Å². The Kier molecular flexibility index (Phi) is 16.1. The van der Waals surface area contributed by atoms with Crippen LogP contribution < -0.4 is 20.0 Å². The number of carbonyl (C=O) groups is 5. The van der Waals surface area contributed by atoms with E-state index in [0.29, 0.717) is 50.5 Å². The fourth-order valence-electron chi connectivity index (χ4n) is 6.40. The summed E-state index contributed by atoms with van der Waals surface area (Å²) in [6, 6.07) is 5.63. The minimum atomic E-state index is -1.63. The molecule has 22 heteroatoms. The second-order valence-electron chi connectivity index (χ2n) is 14.2. The number of esters is 4. The first-order chi connectivity index (χ1) is 30.4. The van der Waals surface area contributed by atoms with Crippen LogP contribution in [0.5, 0.6) is 5.88 Å². The smallest absolute Gasteiger partial charge is 0.306 e. The lowest BCUT2D eigenvalue weighted by Crippen LogP contribution is -2.63. The Morgan fingerprint density at radius 2 is 1.49 bits per heavy atom. The van der Waals surface area contributed by atoms with E-state index in [1.807, 2.05) is 24.1 Å². The van der Waals surface area contributed by atoms with Crippen molar-refractivity contribution in [2.45, 2.75) is 90.6 Å². The molecule has 0 saturated carbocycles. The van der Waals surface area contributed by atoms with Crippen LogP contribution in [0.3, 0.4) is 0 Å². The van der Waals surface area contributed by atoms with Gasteiger partial charge < -0.3 is 43.0 Å². The summed E-state index contributed by atoms with van der Waals surface area (Å²) in [6.45, 7) is 8.70. The number of methoxy groups -OCH3 is 1. The van der Waals surface area contributed by atoms with Crippen molar-refractivity contribution in [3.63, 3.8) is 0 Å². The summed E-state index contributed by atoms with van der Waals surface area (Å²) in [5.41, 5.74) is 3.77. The van der Waals surface area contributed by atoms with E-state index < -0.39 is 67.1 Å². The van der Waals surface area contributed by atoms with E-state index in [-0.39, 0.29) is 31.2 Å². The maximum atomic E-state index is 13.4. The molecule has 2 fully saturated rings. The largest absolute Gasteiger partial charge is 0.481 e. The second-order valence-corrected chi connectivity index (χ2v) is 15.3. The van der Waals surface area contributed by atoms with Gasteiger partial charge in [0.15, 0.2) is 30.0 Å². The average Bonchev–Trinajstić information content (AvgIpc) is 3.73. The predicted octanol–water partition coefficient (Wildman–Crippen LogP) is 3.33. The number of nitrogens with one attached hydrogen (secondary N) is 1. The lowest BCUT2D eigenvalue weighted by molar-refractivity contribution is -0.317. The highest BCUT2D eigenvalue weighted by atomic mass is 32.1. The fraction of sp³-hybridized carbons (Fsp3) is 0.512. The molecular weight excluding hydrogens is 845 g/mol. The normalized spacial score (nSPS) is 19.8. The average molecular weight is 895 g/mol. The van der Waals surface area contributed by atoms with Gasteiger partial charge in [0.1, 0.15) is 12.7 Å². The molecule has 21 nitrogen and oxygen atoms in total. The Morgan fingerprint density at radius 1 is 0.841 bits per heavy atom. The summed E-state index contributed by atoms with van der Waals surface area (Å²) >= 11 is 1.56. The summed E-state index contributed by atoms with van der Waals surface area (Å²) in [5.74, 6) is -1.40. The van der Waals surface area contributed by atoms with Crippen molar-refractivity contribution in [3.05, 3.63) is 47.2 Å². The topological polar surface area (TPSA) is 242 Å². The molecule has 1 amide bonds. The number of nitrogens with zero attached hydrogens (tertiary/aromatic N) is 7. The molecule has 5 atom stereocenters. The number of morpholine rings is 1. The van der Waals surface area contributed by atoms with E-state index >= 15 is 0 Å². The van der Waals surface area contributed by atoms with E-state index in [4.69, 9.17) is 48.0 Å². The van der Waals surface area contributed by atoms with Crippen LogP contribution in [0.15, 0.2) is 36.8 Å². The van der Waals surface area contributed by atoms with Crippen molar-refractivity contribution in [2.75, 3.05) is 56.9 Å². The van der Waals surface area contributed by atoms with Crippen LogP contribution in [-0.4, -0.2) is 132 Å². The highest BCUT2D eigenvalue weighted by molar-refractivity contribution is 7.19. The van der Waals surface area contributed by atoms with Gasteiger partial charge >= 0.3 is 23.9 Å². The maximum Gasteiger partial charge on any atom is 0.306 e. The quantitative estimate of drug-likeness (QED) is 0.0855. The molecule has 2 aliphatic heterocycles. The number of hydrogen-bond donors (Lipinski definition) is 1. The predicted molar refractivity (Wildman–Crippen MR) is 223 cm³/mol. The summed E-state index contributed by atoms with van der Waals surface area (Å²) in [6.07, 6.45) is -3.22. The lowest BCUT2D eigenvalue weighted by atomic mass is 9.98. The number of hydrogen-bond acceptors (Lipinski definition) is 21. The van der Waals surface area contributed by atoms with Crippen LogP contribution in [0.4, 0.5) is 11.8 Å². The summed E-state index contributed by atoms with van der Waals surface area (Å²) in [5, 5.41) is 0. The lowest BCUT2D eigenvalue weighted by Gasteiger charge is -2.43. The Bertz CT molecular complexity index is 2220. The number of pyridine rings is 1. The van der Waals surface area contributed by atoms with E-state index in [1.165, 1.54) is 19.3 Å². The number of aromatic nitrogens is 5. The van der Waals surface area contributed by atoms with Gasteiger partial charge in [0.05, 0.1) is 42.6 Å². The Hall–Kier alpha value is -6.10. The monoisotopic (exact) mass is 894 g/mol. The number of rotatable bonds is 18. The number of anilines is 2. The van der Waals surface area contributed by atoms with Crippen LogP contribution >= 0.6 is 11.3 Å². The molecule has 338 valence electrons. The van der Waals surface area contributed by atoms with Gasteiger partial charge in [0.25, 0.3) is 5.91 Å². The first kappa shape index (κ1) is 46.4. The van der Waals surface area contributed by atoms with Gasteiger partial charge in [-0.25, -0.2) is 35.2 Å². The van der Waals surface area contributed by atoms with Gasteiger partial charge in [-0.05, 0) is 12.1 Å². The van der Waals surface area contributed by atoms with Crippen molar-refractivity contribution in [1.82, 2.24) is 30.4 Å². The van der Waals surface area contributed by atoms with Crippen LogP contribution in [0.1, 0.15) is 68.6 Å². The summed E-state index contributed by atoms with van der Waals surface area (Å²) in [7, 11) is 3.37. The number of hydroxylamine groups is 1. The molecule has 2 saturated heterocycles. The third kappa shape index (κ3) is 11.7. The second kappa shape index (κ2) is 21.8. The van der Waals surface area contributed by atoms with Gasteiger partial charge in [-0.15, -0.1) is 11.3 Å². The Morgan fingerprint density at radius 3 is 2.11 bits per heavy atom. The van der Waals surface area contributed by atoms with Gasteiger partial charge in [-0.3, -0.25) is 24.0 Å². The third-order valence-corrected chi connectivity index (χ3v) is 10.9. The number of amides is 1. The molecule has 1 N–H and O–H groups in total. The zero-order valence-electron chi connectivity index (χ0n) is 35.8. The summed E-state index contributed by atoms with van der Waals surface area (Å²) in [4.78, 5) is 97.0. The zero-order valence-corrected chi connectivity index (χ0v) is 36.6. The van der Waals surface area contributed by atoms with Gasteiger partial charge in [-0.1, -0.05) is 27.7 Å². The summed E-state index contributed by atoms with van der Waals surface area (Å²) < 4.78 is 39.9. The number of fused-ring (bicyclic) bond motifs is 1. The van der Waals surface area contributed by atoms with Crippen LogP contribution in [0, 0.1) is 0 Å². The molecule has 6 rings (SSSR count). The minimum absolute atomic E-state index is 0.00459. The third-order valence-electron chi connectivity index (χ3n) is 9.78. The molecule has 0 aliphatic carbocycles. The van der Waals surface area contributed by atoms with Crippen molar-refractivity contribution in [3.8, 4) is 17.3 Å². The Balaban J connectivity index is 1.18. The van der Waals surface area contributed by atoms with E-state index in [2.05, 4.69) is 25.3 Å². The fourth-order valence-corrected chi connectivity index (χ4v) is 7.56. The molecule has 63 heavy (non-hydrogen) atoms. The van der Waals surface area contributed by atoms with Crippen molar-refractivity contribution in [2.24, 2.45) is 0 Å². The molecule has 0 spiro atoms. The van der Waals surface area contributed by atoms with Crippen LogP contribution in [0.25, 0.3) is 21.6 Å². The SMILES string of the molecule is CCC(=O)OC[C@H]1O[C@@H](ONC(=O)c2cnc(N(C)Cc3cc4nc(-c5ccc(OC)nc5)nc(N5CCOCC5)c4s3)nc2)[C@H](OC(=O)CC)[C@@H](OC(=O)CC)[C@H]1OC(=O)CC. The molecule has 4 aromatic rings. The molecule has 0 bridgehead atoms. The van der Waals surface area contributed by atoms with Crippen molar-refractivity contribution in [1.29, 1.82) is 0 Å². The number of ether oxygens (including phenoxy) is 7. The highest BCUT2D eigenvalue weighted by Crippen LogP contribution is 2.36. The Labute approximate surface area is 366 Å². The van der Waals surface area contributed by atoms with Crippen molar-refractivity contribution >= 4 is 63.1 Å². The molecule has 6 heterocycles. The zero-order chi connectivity index (χ0) is 45.0. The molecule has 0 aromatic carbocycles.